The van der Waals surface area contributed by atoms with Gasteiger partial charge in [0, 0.05) is 23.8 Å². The minimum absolute atomic E-state index is 0.203. The van der Waals surface area contributed by atoms with E-state index in [4.69, 9.17) is 11.6 Å². The predicted octanol–water partition coefficient (Wildman–Crippen LogP) is 5.58. The third kappa shape index (κ3) is 4.24. The van der Waals surface area contributed by atoms with Crippen molar-refractivity contribution in [3.8, 4) is 0 Å². The molecule has 2 aromatic heterocycles. The van der Waals surface area contributed by atoms with Crippen LogP contribution in [-0.4, -0.2) is 13.4 Å². The molecule has 28 heavy (non-hydrogen) atoms. The van der Waals surface area contributed by atoms with E-state index in [0.717, 1.165) is 36.8 Å². The van der Waals surface area contributed by atoms with E-state index < -0.39 is 10.0 Å². The summed E-state index contributed by atoms with van der Waals surface area (Å²) in [6, 6.07) is 19.0. The van der Waals surface area contributed by atoms with Crippen molar-refractivity contribution in [2.75, 3.05) is 0 Å². The summed E-state index contributed by atoms with van der Waals surface area (Å²) in [5.74, 6) is 0. The summed E-state index contributed by atoms with van der Waals surface area (Å²) in [5, 5.41) is 2.54. The monoisotopic (exact) mass is 446 g/mol. The van der Waals surface area contributed by atoms with Crippen LogP contribution in [0.5, 0.6) is 0 Å². The first-order valence-corrected chi connectivity index (χ1v) is 11.9. The van der Waals surface area contributed by atoms with Crippen molar-refractivity contribution in [3.05, 3.63) is 83.6 Å². The number of rotatable bonds is 6. The molecule has 4 aromatic rings. The van der Waals surface area contributed by atoms with E-state index in [1.165, 1.54) is 17.8 Å². The van der Waals surface area contributed by atoms with Crippen molar-refractivity contribution in [1.29, 1.82) is 0 Å². The third-order valence-corrected chi connectivity index (χ3v) is 8.83. The molecule has 0 saturated heterocycles. The van der Waals surface area contributed by atoms with E-state index in [2.05, 4.69) is 9.71 Å². The SMILES string of the molecule is O=S(=O)(NCc1cccc2ccccc12)c1cc(Cl)c(Sc2ccncc2)s1. The van der Waals surface area contributed by atoms with Gasteiger partial charge in [0.05, 0.1) is 9.23 Å². The summed E-state index contributed by atoms with van der Waals surface area (Å²) in [6.07, 6.45) is 3.38. The van der Waals surface area contributed by atoms with Crippen LogP contribution in [0.25, 0.3) is 10.8 Å². The van der Waals surface area contributed by atoms with Gasteiger partial charge in [-0.3, -0.25) is 4.98 Å². The Balaban J connectivity index is 1.54. The molecule has 4 nitrogen and oxygen atoms in total. The fourth-order valence-electron chi connectivity index (χ4n) is 2.74. The molecule has 0 atom stereocenters. The van der Waals surface area contributed by atoms with Crippen molar-refractivity contribution in [2.45, 2.75) is 19.9 Å². The molecule has 0 spiro atoms. The van der Waals surface area contributed by atoms with Crippen molar-refractivity contribution < 1.29 is 8.42 Å². The Morgan fingerprint density at radius 2 is 1.79 bits per heavy atom. The molecule has 0 bridgehead atoms. The highest BCUT2D eigenvalue weighted by Gasteiger charge is 2.20. The molecule has 142 valence electrons. The van der Waals surface area contributed by atoms with Gasteiger partial charge in [0.25, 0.3) is 0 Å². The smallest absolute Gasteiger partial charge is 0.250 e. The number of nitrogens with one attached hydrogen (secondary N) is 1. The average Bonchev–Trinajstić information content (AvgIpc) is 3.08. The Labute approximate surface area is 176 Å². The lowest BCUT2D eigenvalue weighted by atomic mass is 10.1. The van der Waals surface area contributed by atoms with Crippen LogP contribution >= 0.6 is 34.7 Å². The summed E-state index contributed by atoms with van der Waals surface area (Å²) >= 11 is 8.86. The molecule has 0 aliphatic rings. The topological polar surface area (TPSA) is 59.1 Å². The number of nitrogens with zero attached hydrogens (tertiary/aromatic N) is 1. The van der Waals surface area contributed by atoms with Crippen LogP contribution in [0.15, 0.2) is 86.4 Å². The van der Waals surface area contributed by atoms with Gasteiger partial charge in [-0.25, -0.2) is 13.1 Å². The van der Waals surface area contributed by atoms with E-state index in [1.807, 2.05) is 54.6 Å². The molecule has 0 radical (unpaired) electrons. The van der Waals surface area contributed by atoms with Gasteiger partial charge in [-0.1, -0.05) is 65.8 Å². The number of sulfonamides is 1. The quantitative estimate of drug-likeness (QED) is 0.420. The fourth-order valence-corrected chi connectivity index (χ4v) is 6.86. The van der Waals surface area contributed by atoms with Crippen molar-refractivity contribution >= 4 is 55.5 Å². The van der Waals surface area contributed by atoms with Crippen molar-refractivity contribution in [1.82, 2.24) is 9.71 Å². The lowest BCUT2D eigenvalue weighted by Crippen LogP contribution is -2.22. The maximum absolute atomic E-state index is 12.8. The van der Waals surface area contributed by atoms with Crippen LogP contribution in [0.2, 0.25) is 5.02 Å². The van der Waals surface area contributed by atoms with Gasteiger partial charge in [-0.2, -0.15) is 0 Å². The Kier molecular flexibility index (Phi) is 5.70. The van der Waals surface area contributed by atoms with Crippen molar-refractivity contribution in [3.63, 3.8) is 0 Å². The van der Waals surface area contributed by atoms with Crippen LogP contribution in [-0.2, 0) is 16.6 Å². The maximum atomic E-state index is 12.8. The first kappa shape index (κ1) is 19.4. The maximum Gasteiger partial charge on any atom is 0.250 e. The Morgan fingerprint density at radius 1 is 1.04 bits per heavy atom. The number of benzene rings is 2. The minimum atomic E-state index is -3.66. The largest absolute Gasteiger partial charge is 0.265 e. The number of aromatic nitrogens is 1. The van der Waals surface area contributed by atoms with E-state index in [0.29, 0.717) is 5.02 Å². The highest BCUT2D eigenvalue weighted by Crippen LogP contribution is 2.41. The molecule has 0 saturated carbocycles. The Hall–Kier alpha value is -1.90. The second-order valence-electron chi connectivity index (χ2n) is 5.95. The van der Waals surface area contributed by atoms with Crippen LogP contribution in [0.4, 0.5) is 0 Å². The summed E-state index contributed by atoms with van der Waals surface area (Å²) in [7, 11) is -3.66. The van der Waals surface area contributed by atoms with E-state index >= 15 is 0 Å². The van der Waals surface area contributed by atoms with E-state index in [1.54, 1.807) is 12.4 Å². The summed E-state index contributed by atoms with van der Waals surface area (Å²) in [5.41, 5.74) is 0.927. The standard InChI is InChI=1S/C20H15ClN2O2S3/c21-18-12-19(27-20(18)26-16-8-10-22-11-9-16)28(24,25)23-13-15-6-3-5-14-4-1-2-7-17(14)15/h1-12,23H,13H2. The second-order valence-corrected chi connectivity index (χ2v) is 10.7. The van der Waals surface area contributed by atoms with Crippen molar-refractivity contribution in [2.24, 2.45) is 0 Å². The molecule has 2 heterocycles. The Morgan fingerprint density at radius 3 is 2.61 bits per heavy atom. The molecular weight excluding hydrogens is 432 g/mol. The van der Waals surface area contributed by atoms with Gasteiger partial charge in [0.2, 0.25) is 10.0 Å². The zero-order valence-corrected chi connectivity index (χ0v) is 17.7. The number of thiophene rings is 1. The number of hydrogen-bond acceptors (Lipinski definition) is 5. The van der Waals surface area contributed by atoms with E-state index in [9.17, 15) is 8.42 Å². The summed E-state index contributed by atoms with van der Waals surface area (Å²) in [4.78, 5) is 4.93. The van der Waals surface area contributed by atoms with E-state index in [-0.39, 0.29) is 10.8 Å². The molecule has 4 rings (SSSR count). The van der Waals surface area contributed by atoms with Gasteiger partial charge in [-0.15, -0.1) is 11.3 Å². The van der Waals surface area contributed by atoms with Gasteiger partial charge >= 0.3 is 0 Å². The van der Waals surface area contributed by atoms with Crippen LogP contribution in [0.1, 0.15) is 5.56 Å². The minimum Gasteiger partial charge on any atom is -0.265 e. The second kappa shape index (κ2) is 8.23. The first-order chi connectivity index (χ1) is 13.5. The zero-order valence-electron chi connectivity index (χ0n) is 14.5. The number of hydrogen-bond donors (Lipinski definition) is 1. The summed E-state index contributed by atoms with van der Waals surface area (Å²) < 4.78 is 29.2. The average molecular weight is 447 g/mol. The summed E-state index contributed by atoms with van der Waals surface area (Å²) in [6.45, 7) is 0.214. The lowest BCUT2D eigenvalue weighted by Gasteiger charge is -2.08. The normalized spacial score (nSPS) is 11.8. The third-order valence-electron chi connectivity index (χ3n) is 4.09. The molecular formula is C20H15ClN2O2S3. The number of halogens is 1. The van der Waals surface area contributed by atoms with Gasteiger partial charge in [0.15, 0.2) is 0 Å². The van der Waals surface area contributed by atoms with Crippen LogP contribution < -0.4 is 4.72 Å². The highest BCUT2D eigenvalue weighted by atomic mass is 35.5. The lowest BCUT2D eigenvalue weighted by molar-refractivity contribution is 0.583. The molecule has 0 fully saturated rings. The highest BCUT2D eigenvalue weighted by molar-refractivity contribution is 8.01. The Bertz CT molecular complexity index is 1220. The fraction of sp³-hybridized carbons (Fsp3) is 0.0500. The first-order valence-electron chi connectivity index (χ1n) is 8.36. The molecule has 8 heteroatoms. The molecule has 0 aliphatic heterocycles. The zero-order chi connectivity index (χ0) is 19.6. The van der Waals surface area contributed by atoms with Gasteiger partial charge < -0.3 is 0 Å². The molecule has 2 aromatic carbocycles. The molecule has 0 amide bonds. The molecule has 0 unspecified atom stereocenters. The number of pyridine rings is 1. The predicted molar refractivity (Wildman–Crippen MR) is 116 cm³/mol. The van der Waals surface area contributed by atoms with Crippen LogP contribution in [0, 0.1) is 0 Å². The van der Waals surface area contributed by atoms with Gasteiger partial charge in [0.1, 0.15) is 4.21 Å². The van der Waals surface area contributed by atoms with Gasteiger partial charge in [-0.05, 0) is 34.5 Å². The number of fused-ring (bicyclic) bond motifs is 1. The van der Waals surface area contributed by atoms with Crippen LogP contribution in [0.3, 0.4) is 0 Å². The molecule has 1 N–H and O–H groups in total. The molecule has 0 aliphatic carbocycles.